The first kappa shape index (κ1) is 8.97. The van der Waals surface area contributed by atoms with Crippen LogP contribution in [0.25, 0.3) is 0 Å². The Kier molecular flexibility index (Phi) is 1.85. The summed E-state index contributed by atoms with van der Waals surface area (Å²) in [6, 6.07) is 0. The van der Waals surface area contributed by atoms with E-state index in [0.717, 1.165) is 19.6 Å². The van der Waals surface area contributed by atoms with Crippen molar-refractivity contribution in [2.45, 2.75) is 19.4 Å². The predicted molar refractivity (Wildman–Crippen MR) is 46.2 cm³/mol. The molecule has 74 valence electrons. The Bertz CT molecular complexity index is 231. The molecule has 1 spiro atoms. The molecule has 2 fully saturated rings. The highest BCUT2D eigenvalue weighted by Crippen LogP contribution is 2.29. The maximum atomic E-state index is 11.7. The van der Waals surface area contributed by atoms with Gasteiger partial charge in [-0.25, -0.2) is 4.48 Å². The molecule has 0 aromatic heterocycles. The van der Waals surface area contributed by atoms with Crippen LogP contribution in [0.15, 0.2) is 0 Å². The molecule has 2 rings (SSSR count). The molecular formula is C9H16NO3+. The zero-order valence-electron chi connectivity index (χ0n) is 8.21. The fraction of sp³-hybridized carbons (Fsp3) is 0.889. The molecule has 0 unspecified atom stereocenters. The van der Waals surface area contributed by atoms with E-state index in [1.807, 2.05) is 13.8 Å². The predicted octanol–water partition coefficient (Wildman–Crippen LogP) is 0.762. The standard InChI is InChI=1S/C9H16NO3/c1-9(2)7-10(8(11)13-9)3-5-12-6-4-10/h3-7H2,1-2H3/q+1. The molecule has 0 radical (unpaired) electrons. The Labute approximate surface area is 78.0 Å². The number of hydrogen-bond donors (Lipinski definition) is 0. The van der Waals surface area contributed by atoms with E-state index in [1.54, 1.807) is 0 Å². The summed E-state index contributed by atoms with van der Waals surface area (Å²) in [5.41, 5.74) is -0.297. The van der Waals surface area contributed by atoms with Gasteiger partial charge in [-0.2, -0.15) is 4.79 Å². The Morgan fingerprint density at radius 1 is 1.31 bits per heavy atom. The van der Waals surface area contributed by atoms with Crippen LogP contribution < -0.4 is 0 Å². The molecule has 2 heterocycles. The molecule has 0 bridgehead atoms. The molecule has 0 aliphatic carbocycles. The van der Waals surface area contributed by atoms with Gasteiger partial charge in [-0.05, 0) is 13.8 Å². The largest absolute Gasteiger partial charge is 0.517 e. The number of hydrogen-bond acceptors (Lipinski definition) is 3. The molecule has 0 aromatic carbocycles. The monoisotopic (exact) mass is 186 g/mol. The summed E-state index contributed by atoms with van der Waals surface area (Å²) in [5.74, 6) is 0. The average Bonchev–Trinajstić information content (AvgIpc) is 2.23. The van der Waals surface area contributed by atoms with Crippen molar-refractivity contribution < 1.29 is 18.8 Å². The molecule has 13 heavy (non-hydrogen) atoms. The molecule has 2 saturated heterocycles. The minimum absolute atomic E-state index is 0.0756. The molecule has 4 heteroatoms. The highest BCUT2D eigenvalue weighted by Gasteiger charge is 2.53. The second-order valence-electron chi connectivity index (χ2n) is 4.49. The second-order valence-corrected chi connectivity index (χ2v) is 4.49. The van der Waals surface area contributed by atoms with E-state index in [9.17, 15) is 4.79 Å². The number of cyclic esters (lactones) is 1. The molecule has 2 aliphatic rings. The van der Waals surface area contributed by atoms with Crippen molar-refractivity contribution in [2.75, 3.05) is 32.8 Å². The normalized spacial score (nSPS) is 30.5. The number of nitrogens with zero attached hydrogens (tertiary/aromatic N) is 1. The van der Waals surface area contributed by atoms with Gasteiger partial charge in [0.05, 0.1) is 13.2 Å². The quantitative estimate of drug-likeness (QED) is 0.524. The Balaban J connectivity index is 2.18. The van der Waals surface area contributed by atoms with E-state index < -0.39 is 0 Å². The third-order valence-corrected chi connectivity index (χ3v) is 2.76. The molecule has 4 nitrogen and oxygen atoms in total. The molecule has 1 amide bonds. The van der Waals surface area contributed by atoms with Crippen LogP contribution in [0.2, 0.25) is 0 Å². The van der Waals surface area contributed by atoms with E-state index in [4.69, 9.17) is 9.47 Å². The summed E-state index contributed by atoms with van der Waals surface area (Å²) in [6.07, 6.45) is -0.0756. The van der Waals surface area contributed by atoms with Crippen LogP contribution in [0.1, 0.15) is 13.8 Å². The van der Waals surface area contributed by atoms with Gasteiger partial charge in [0.2, 0.25) is 0 Å². The number of amides is 1. The van der Waals surface area contributed by atoms with Crippen molar-refractivity contribution in [1.29, 1.82) is 0 Å². The van der Waals surface area contributed by atoms with Crippen molar-refractivity contribution in [3.63, 3.8) is 0 Å². The lowest BCUT2D eigenvalue weighted by Crippen LogP contribution is -2.56. The van der Waals surface area contributed by atoms with E-state index in [2.05, 4.69) is 0 Å². The van der Waals surface area contributed by atoms with Gasteiger partial charge in [-0.15, -0.1) is 0 Å². The van der Waals surface area contributed by atoms with Crippen LogP contribution in [0.3, 0.4) is 0 Å². The van der Waals surface area contributed by atoms with Crippen molar-refractivity contribution >= 4 is 6.09 Å². The fourth-order valence-corrected chi connectivity index (χ4v) is 2.19. The maximum Gasteiger partial charge on any atom is 0.517 e. The van der Waals surface area contributed by atoms with E-state index in [0.29, 0.717) is 17.7 Å². The van der Waals surface area contributed by atoms with Gasteiger partial charge in [0.25, 0.3) is 0 Å². The highest BCUT2D eigenvalue weighted by atomic mass is 16.6. The lowest BCUT2D eigenvalue weighted by Gasteiger charge is -2.32. The molecule has 0 aromatic rings. The molecule has 0 N–H and O–H groups in total. The van der Waals surface area contributed by atoms with Gasteiger partial charge >= 0.3 is 6.09 Å². The van der Waals surface area contributed by atoms with Crippen LogP contribution in [-0.2, 0) is 9.47 Å². The third-order valence-electron chi connectivity index (χ3n) is 2.76. The Morgan fingerprint density at radius 3 is 2.38 bits per heavy atom. The number of carbonyl (C=O) groups excluding carboxylic acids is 1. The average molecular weight is 186 g/mol. The fourth-order valence-electron chi connectivity index (χ4n) is 2.19. The zero-order chi connectivity index (χ0) is 9.53. The van der Waals surface area contributed by atoms with Gasteiger partial charge < -0.3 is 9.47 Å². The molecule has 2 aliphatic heterocycles. The SMILES string of the molecule is CC1(C)C[N+]2(CCOCC2)C(=O)O1. The summed E-state index contributed by atoms with van der Waals surface area (Å²) >= 11 is 0. The van der Waals surface area contributed by atoms with Crippen LogP contribution in [-0.4, -0.2) is 49.0 Å². The van der Waals surface area contributed by atoms with E-state index in [-0.39, 0.29) is 11.7 Å². The first-order chi connectivity index (χ1) is 6.04. The number of morpholine rings is 1. The van der Waals surface area contributed by atoms with Crippen LogP contribution in [0, 0.1) is 0 Å². The van der Waals surface area contributed by atoms with Crippen LogP contribution in [0.4, 0.5) is 4.79 Å². The molecule has 0 atom stereocenters. The minimum atomic E-state index is -0.297. The summed E-state index contributed by atoms with van der Waals surface area (Å²) in [7, 11) is 0. The lowest BCUT2D eigenvalue weighted by molar-refractivity contribution is -0.853. The second kappa shape index (κ2) is 2.69. The first-order valence-corrected chi connectivity index (χ1v) is 4.72. The Morgan fingerprint density at radius 2 is 1.92 bits per heavy atom. The van der Waals surface area contributed by atoms with Gasteiger partial charge in [0.1, 0.15) is 19.6 Å². The molecule has 0 saturated carbocycles. The van der Waals surface area contributed by atoms with Crippen LogP contribution in [0.5, 0.6) is 0 Å². The van der Waals surface area contributed by atoms with Crippen molar-refractivity contribution in [2.24, 2.45) is 0 Å². The highest BCUT2D eigenvalue weighted by molar-refractivity contribution is 5.62. The lowest BCUT2D eigenvalue weighted by atomic mass is 10.1. The zero-order valence-corrected chi connectivity index (χ0v) is 8.21. The van der Waals surface area contributed by atoms with Gasteiger partial charge in [-0.3, -0.25) is 0 Å². The van der Waals surface area contributed by atoms with Gasteiger partial charge in [-0.1, -0.05) is 0 Å². The maximum absolute atomic E-state index is 11.7. The van der Waals surface area contributed by atoms with Crippen molar-refractivity contribution in [3.05, 3.63) is 0 Å². The third kappa shape index (κ3) is 1.44. The van der Waals surface area contributed by atoms with E-state index >= 15 is 0 Å². The van der Waals surface area contributed by atoms with Gasteiger partial charge in [0, 0.05) is 0 Å². The number of quaternary nitrogens is 1. The topological polar surface area (TPSA) is 35.5 Å². The number of rotatable bonds is 0. The van der Waals surface area contributed by atoms with Gasteiger partial charge in [0.15, 0.2) is 5.60 Å². The summed E-state index contributed by atoms with van der Waals surface area (Å²) in [4.78, 5) is 11.7. The summed E-state index contributed by atoms with van der Waals surface area (Å²) in [5, 5.41) is 0. The Hall–Kier alpha value is -0.610. The summed E-state index contributed by atoms with van der Waals surface area (Å²) < 4.78 is 11.0. The number of ether oxygens (including phenoxy) is 2. The van der Waals surface area contributed by atoms with Crippen LogP contribution >= 0.6 is 0 Å². The number of carbonyl (C=O) groups is 1. The van der Waals surface area contributed by atoms with Crippen molar-refractivity contribution in [1.82, 2.24) is 0 Å². The minimum Gasteiger partial charge on any atom is -0.408 e. The summed E-state index contributed by atoms with van der Waals surface area (Å²) in [6.45, 7) is 7.59. The van der Waals surface area contributed by atoms with E-state index in [1.165, 1.54) is 0 Å². The van der Waals surface area contributed by atoms with Crippen molar-refractivity contribution in [3.8, 4) is 0 Å². The molecular weight excluding hydrogens is 170 g/mol. The first-order valence-electron chi connectivity index (χ1n) is 4.72. The smallest absolute Gasteiger partial charge is 0.408 e.